The number of hydrogen-bond donors (Lipinski definition) is 2. The number of benzene rings is 2. The van der Waals surface area contributed by atoms with Crippen LogP contribution in [0.5, 0.6) is 11.5 Å². The maximum absolute atomic E-state index is 12.1. The highest BCUT2D eigenvalue weighted by Crippen LogP contribution is 2.30. The second kappa shape index (κ2) is 6.65. The van der Waals surface area contributed by atoms with Gasteiger partial charge in [-0.1, -0.05) is 0 Å². The van der Waals surface area contributed by atoms with Crippen molar-refractivity contribution in [3.63, 3.8) is 0 Å². The van der Waals surface area contributed by atoms with Crippen molar-refractivity contribution in [2.45, 2.75) is 6.92 Å². The number of hydrogen-bond acceptors (Lipinski definition) is 4. The lowest BCUT2D eigenvalue weighted by molar-refractivity contribution is 0.102. The van der Waals surface area contributed by atoms with Gasteiger partial charge < -0.3 is 20.5 Å². The monoisotopic (exact) mass is 286 g/mol. The lowest BCUT2D eigenvalue weighted by Gasteiger charge is -2.12. The van der Waals surface area contributed by atoms with E-state index in [1.165, 1.54) is 0 Å². The molecule has 0 bridgehead atoms. The van der Waals surface area contributed by atoms with Gasteiger partial charge in [-0.25, -0.2) is 0 Å². The Labute approximate surface area is 123 Å². The molecule has 0 aliphatic carbocycles. The average Bonchev–Trinajstić information content (AvgIpc) is 2.48. The zero-order valence-corrected chi connectivity index (χ0v) is 12.1. The Morgan fingerprint density at radius 3 is 2.48 bits per heavy atom. The minimum Gasteiger partial charge on any atom is -0.493 e. The first kappa shape index (κ1) is 14.7. The highest BCUT2D eigenvalue weighted by molar-refractivity contribution is 6.04. The number of methoxy groups -OCH3 is 1. The van der Waals surface area contributed by atoms with Gasteiger partial charge in [0.05, 0.1) is 13.7 Å². The van der Waals surface area contributed by atoms with E-state index in [0.717, 1.165) is 0 Å². The molecule has 0 aliphatic heterocycles. The van der Waals surface area contributed by atoms with E-state index in [9.17, 15) is 4.79 Å². The Balaban J connectivity index is 2.17. The van der Waals surface area contributed by atoms with Gasteiger partial charge in [0.25, 0.3) is 5.91 Å². The lowest BCUT2D eigenvalue weighted by atomic mass is 10.2. The first-order valence-corrected chi connectivity index (χ1v) is 6.61. The number of carbonyl (C=O) groups is 1. The fraction of sp³-hybridized carbons (Fsp3) is 0.188. The van der Waals surface area contributed by atoms with Gasteiger partial charge >= 0.3 is 0 Å². The summed E-state index contributed by atoms with van der Waals surface area (Å²) in [6, 6.07) is 12.0. The van der Waals surface area contributed by atoms with Crippen LogP contribution in [0.4, 0.5) is 11.4 Å². The summed E-state index contributed by atoms with van der Waals surface area (Å²) in [5, 5.41) is 2.81. The van der Waals surface area contributed by atoms with E-state index in [-0.39, 0.29) is 5.91 Å². The number of anilines is 2. The van der Waals surface area contributed by atoms with Gasteiger partial charge in [-0.3, -0.25) is 4.79 Å². The molecule has 0 heterocycles. The molecule has 110 valence electrons. The third-order valence-corrected chi connectivity index (χ3v) is 2.89. The summed E-state index contributed by atoms with van der Waals surface area (Å²) in [6.07, 6.45) is 0. The van der Waals surface area contributed by atoms with Crippen LogP contribution in [0.1, 0.15) is 17.3 Å². The smallest absolute Gasteiger partial charge is 0.255 e. The van der Waals surface area contributed by atoms with Crippen molar-refractivity contribution in [2.24, 2.45) is 0 Å². The first-order valence-electron chi connectivity index (χ1n) is 6.61. The van der Waals surface area contributed by atoms with Crippen molar-refractivity contribution in [1.82, 2.24) is 0 Å². The van der Waals surface area contributed by atoms with Crippen molar-refractivity contribution in [3.05, 3.63) is 48.0 Å². The van der Waals surface area contributed by atoms with Crippen LogP contribution in [0.3, 0.4) is 0 Å². The fourth-order valence-electron chi connectivity index (χ4n) is 1.86. The Morgan fingerprint density at radius 2 is 1.86 bits per heavy atom. The van der Waals surface area contributed by atoms with Crippen LogP contribution in [-0.2, 0) is 0 Å². The molecule has 3 N–H and O–H groups in total. The van der Waals surface area contributed by atoms with Gasteiger partial charge in [-0.15, -0.1) is 0 Å². The number of carbonyl (C=O) groups excluding carboxylic acids is 1. The van der Waals surface area contributed by atoms with Gasteiger partial charge in [0.2, 0.25) is 0 Å². The molecule has 0 atom stereocenters. The molecule has 0 radical (unpaired) electrons. The maximum atomic E-state index is 12.1. The van der Waals surface area contributed by atoms with Crippen LogP contribution in [0.25, 0.3) is 0 Å². The van der Waals surface area contributed by atoms with Crippen molar-refractivity contribution in [3.8, 4) is 11.5 Å². The largest absolute Gasteiger partial charge is 0.493 e. The second-order valence-electron chi connectivity index (χ2n) is 4.37. The van der Waals surface area contributed by atoms with Gasteiger partial charge in [0.15, 0.2) is 11.5 Å². The molecule has 2 aromatic rings. The molecule has 0 aromatic heterocycles. The minimum atomic E-state index is -0.206. The molecule has 21 heavy (non-hydrogen) atoms. The zero-order chi connectivity index (χ0) is 15.2. The minimum absolute atomic E-state index is 0.206. The van der Waals surface area contributed by atoms with E-state index < -0.39 is 0 Å². The van der Waals surface area contributed by atoms with Gasteiger partial charge in [0.1, 0.15) is 0 Å². The van der Waals surface area contributed by atoms with Gasteiger partial charge in [-0.05, 0) is 43.3 Å². The van der Waals surface area contributed by atoms with Gasteiger partial charge in [0, 0.05) is 23.0 Å². The van der Waals surface area contributed by atoms with Crippen LogP contribution in [0.2, 0.25) is 0 Å². The lowest BCUT2D eigenvalue weighted by Crippen LogP contribution is -2.12. The summed E-state index contributed by atoms with van der Waals surface area (Å²) >= 11 is 0. The summed E-state index contributed by atoms with van der Waals surface area (Å²) < 4.78 is 10.7. The molecule has 2 aromatic carbocycles. The second-order valence-corrected chi connectivity index (χ2v) is 4.37. The average molecular weight is 286 g/mol. The summed E-state index contributed by atoms with van der Waals surface area (Å²) in [5.41, 5.74) is 7.40. The molecule has 0 unspecified atom stereocenters. The Hall–Kier alpha value is -2.69. The van der Waals surface area contributed by atoms with Crippen LogP contribution < -0.4 is 20.5 Å². The summed E-state index contributed by atoms with van der Waals surface area (Å²) in [7, 11) is 1.57. The first-order chi connectivity index (χ1) is 10.1. The number of nitrogens with one attached hydrogen (secondary N) is 1. The predicted octanol–water partition coefficient (Wildman–Crippen LogP) is 2.93. The molecule has 0 fully saturated rings. The fourth-order valence-corrected chi connectivity index (χ4v) is 1.86. The molecule has 0 spiro atoms. The van der Waals surface area contributed by atoms with Crippen molar-refractivity contribution >= 4 is 17.3 Å². The van der Waals surface area contributed by atoms with Crippen molar-refractivity contribution < 1.29 is 14.3 Å². The number of amides is 1. The topological polar surface area (TPSA) is 73.6 Å². The molecule has 2 rings (SSSR count). The summed E-state index contributed by atoms with van der Waals surface area (Å²) in [5.74, 6) is 1.01. The zero-order valence-electron chi connectivity index (χ0n) is 12.1. The number of nitrogens with two attached hydrogens (primary N) is 1. The van der Waals surface area contributed by atoms with E-state index in [0.29, 0.717) is 35.0 Å². The number of ether oxygens (including phenoxy) is 2. The van der Waals surface area contributed by atoms with Crippen LogP contribution in [0.15, 0.2) is 42.5 Å². The normalized spacial score (nSPS) is 10.0. The standard InChI is InChI=1S/C16H18N2O3/c1-3-21-15-10-13(8-9-14(15)20-2)18-16(19)11-4-6-12(17)7-5-11/h4-10H,3,17H2,1-2H3,(H,18,19). The third-order valence-electron chi connectivity index (χ3n) is 2.89. The van der Waals surface area contributed by atoms with Crippen molar-refractivity contribution in [1.29, 1.82) is 0 Å². The van der Waals surface area contributed by atoms with Crippen LogP contribution in [-0.4, -0.2) is 19.6 Å². The Morgan fingerprint density at radius 1 is 1.14 bits per heavy atom. The van der Waals surface area contributed by atoms with Crippen molar-refractivity contribution in [2.75, 3.05) is 24.8 Å². The van der Waals surface area contributed by atoms with E-state index in [4.69, 9.17) is 15.2 Å². The van der Waals surface area contributed by atoms with E-state index in [2.05, 4.69) is 5.32 Å². The highest BCUT2D eigenvalue weighted by Gasteiger charge is 2.09. The maximum Gasteiger partial charge on any atom is 0.255 e. The third kappa shape index (κ3) is 3.66. The summed E-state index contributed by atoms with van der Waals surface area (Å²) in [6.45, 7) is 2.41. The molecule has 0 aliphatic rings. The SMILES string of the molecule is CCOc1cc(NC(=O)c2ccc(N)cc2)ccc1OC. The molecular weight excluding hydrogens is 268 g/mol. The molecule has 5 heteroatoms. The number of nitrogen functional groups attached to an aromatic ring is 1. The quantitative estimate of drug-likeness (QED) is 0.829. The Bertz CT molecular complexity index is 624. The van der Waals surface area contributed by atoms with Gasteiger partial charge in [-0.2, -0.15) is 0 Å². The predicted molar refractivity (Wildman–Crippen MR) is 83.0 cm³/mol. The number of rotatable bonds is 5. The van der Waals surface area contributed by atoms with E-state index >= 15 is 0 Å². The van der Waals surface area contributed by atoms with E-state index in [1.54, 1.807) is 49.6 Å². The van der Waals surface area contributed by atoms with Crippen LogP contribution in [0, 0.1) is 0 Å². The summed E-state index contributed by atoms with van der Waals surface area (Å²) in [4.78, 5) is 12.1. The molecule has 0 saturated carbocycles. The molecule has 1 amide bonds. The molecular formula is C16H18N2O3. The highest BCUT2D eigenvalue weighted by atomic mass is 16.5. The molecule has 0 saturated heterocycles. The Kier molecular flexibility index (Phi) is 4.66. The molecule has 5 nitrogen and oxygen atoms in total. The van der Waals surface area contributed by atoms with Crippen LogP contribution >= 0.6 is 0 Å². The van der Waals surface area contributed by atoms with E-state index in [1.807, 2.05) is 6.92 Å².